The minimum Gasteiger partial charge on any atom is -0.497 e. The Labute approximate surface area is 250 Å². The molecule has 0 spiro atoms. The van der Waals surface area contributed by atoms with Crippen LogP contribution in [0.25, 0.3) is 10.9 Å². The summed E-state index contributed by atoms with van der Waals surface area (Å²) in [6, 6.07) is 11.4. The Kier molecular flexibility index (Phi) is 10.6. The zero-order valence-corrected chi connectivity index (χ0v) is 25.0. The number of fused-ring (bicyclic) bond motifs is 1. The second-order valence-corrected chi connectivity index (χ2v) is 12.2. The Balaban J connectivity index is 1.29. The maximum Gasteiger partial charge on any atom is 0.249 e. The first kappa shape index (κ1) is 30.6. The molecule has 42 heavy (non-hydrogen) atoms. The van der Waals surface area contributed by atoms with Crippen molar-refractivity contribution in [2.75, 3.05) is 58.8 Å². The number of amides is 1. The fourth-order valence-corrected chi connectivity index (χ4v) is 6.90. The highest BCUT2D eigenvalue weighted by Crippen LogP contribution is 2.42. The van der Waals surface area contributed by atoms with Gasteiger partial charge in [0.15, 0.2) is 0 Å². The number of piperidine rings is 1. The molecule has 2 N–H and O–H groups in total. The number of benzene rings is 1. The predicted molar refractivity (Wildman–Crippen MR) is 160 cm³/mol. The van der Waals surface area contributed by atoms with Crippen LogP contribution in [0.2, 0.25) is 0 Å². The zero-order valence-electron chi connectivity index (χ0n) is 24.1. The predicted octanol–water partition coefficient (Wildman–Crippen LogP) is 4.64. The molecule has 0 bridgehead atoms. The largest absolute Gasteiger partial charge is 0.497 e. The summed E-state index contributed by atoms with van der Waals surface area (Å²) < 4.78 is 27.4. The molecule has 2 aliphatic heterocycles. The lowest BCUT2D eigenvalue weighted by Gasteiger charge is -2.40. The van der Waals surface area contributed by atoms with E-state index >= 15 is 4.39 Å². The summed E-state index contributed by atoms with van der Waals surface area (Å²) in [5.41, 5.74) is 3.22. The van der Waals surface area contributed by atoms with E-state index in [0.29, 0.717) is 68.9 Å². The van der Waals surface area contributed by atoms with Gasteiger partial charge >= 0.3 is 0 Å². The average Bonchev–Trinajstić information content (AvgIpc) is 3.04. The minimum atomic E-state index is -1.31. The highest BCUT2D eigenvalue weighted by Gasteiger charge is 2.41. The summed E-state index contributed by atoms with van der Waals surface area (Å²) in [5, 5.41) is 11.4. The van der Waals surface area contributed by atoms with Crippen molar-refractivity contribution >= 4 is 28.6 Å². The van der Waals surface area contributed by atoms with Crippen molar-refractivity contribution in [3.8, 4) is 5.75 Å². The molecule has 11 heteroatoms. The summed E-state index contributed by atoms with van der Waals surface area (Å²) in [6.07, 6.45) is 3.88. The van der Waals surface area contributed by atoms with Crippen molar-refractivity contribution in [3.05, 3.63) is 59.9 Å². The number of carbonyl (C=O) groups is 1. The van der Waals surface area contributed by atoms with Crippen LogP contribution in [0.1, 0.15) is 43.0 Å². The van der Waals surface area contributed by atoms with E-state index in [2.05, 4.69) is 19.8 Å². The number of carbonyl (C=O) groups excluding carboxylic acids is 1. The Morgan fingerprint density at radius 3 is 2.69 bits per heavy atom. The molecule has 2 aliphatic rings. The molecule has 0 saturated carbocycles. The van der Waals surface area contributed by atoms with Gasteiger partial charge in [-0.25, -0.2) is 14.9 Å². The fraction of sp³-hybridized carbons (Fsp3) is 0.516. The van der Waals surface area contributed by atoms with E-state index in [1.807, 2.05) is 41.9 Å². The molecule has 1 unspecified atom stereocenters. The van der Waals surface area contributed by atoms with Crippen molar-refractivity contribution in [3.63, 3.8) is 0 Å². The third-order valence-electron chi connectivity index (χ3n) is 8.58. The highest BCUT2D eigenvalue weighted by atomic mass is 32.2. The van der Waals surface area contributed by atoms with E-state index in [4.69, 9.17) is 9.47 Å². The Hall–Kier alpha value is -2.83. The quantitative estimate of drug-likeness (QED) is 0.176. The third kappa shape index (κ3) is 7.38. The first-order chi connectivity index (χ1) is 20.5. The molecule has 3 aromatic rings. The highest BCUT2D eigenvalue weighted by molar-refractivity contribution is 7.99. The third-order valence-corrected chi connectivity index (χ3v) is 9.50. The van der Waals surface area contributed by atoms with Crippen LogP contribution in [0.15, 0.2) is 53.8 Å². The van der Waals surface area contributed by atoms with Crippen LogP contribution < -0.4 is 10.2 Å². The van der Waals surface area contributed by atoms with Crippen LogP contribution in [0.4, 0.5) is 4.39 Å². The number of halogens is 1. The normalized spacial score (nSPS) is 18.5. The Morgan fingerprint density at radius 2 is 1.98 bits per heavy atom. The molecule has 2 saturated heterocycles. The lowest BCUT2D eigenvalue weighted by Crippen LogP contribution is -2.48. The van der Waals surface area contributed by atoms with Crippen LogP contribution in [-0.2, 0) is 16.1 Å². The molecule has 9 nitrogen and oxygen atoms in total. The van der Waals surface area contributed by atoms with Gasteiger partial charge in [-0.05, 0) is 74.7 Å². The molecular weight excluding hydrogens is 557 g/mol. The first-order valence-corrected chi connectivity index (χ1v) is 15.6. The van der Waals surface area contributed by atoms with Gasteiger partial charge in [0.25, 0.3) is 0 Å². The summed E-state index contributed by atoms with van der Waals surface area (Å²) >= 11 is 1.71. The SMILES string of the molecule is COc1ccc2ncc(CN3CCOCC3)c(C(F)CCC3(C(=O)NO)CCN(CCSc4ccccn4)CC3)c2c1. The summed E-state index contributed by atoms with van der Waals surface area (Å²) in [7, 11) is 1.60. The number of alkyl halides is 1. The van der Waals surface area contributed by atoms with Gasteiger partial charge in [-0.15, -0.1) is 11.8 Å². The van der Waals surface area contributed by atoms with Crippen molar-refractivity contribution in [1.29, 1.82) is 0 Å². The Morgan fingerprint density at radius 1 is 1.17 bits per heavy atom. The minimum absolute atomic E-state index is 0.162. The molecule has 5 rings (SSSR count). The number of morpholine rings is 1. The van der Waals surface area contributed by atoms with Crippen molar-refractivity contribution in [2.24, 2.45) is 5.41 Å². The van der Waals surface area contributed by atoms with E-state index in [0.717, 1.165) is 41.4 Å². The van der Waals surface area contributed by atoms with E-state index in [9.17, 15) is 10.0 Å². The lowest BCUT2D eigenvalue weighted by molar-refractivity contribution is -0.143. The number of likely N-dealkylation sites (tertiary alicyclic amines) is 1. The van der Waals surface area contributed by atoms with E-state index in [1.54, 1.807) is 31.3 Å². The topological polar surface area (TPSA) is 100 Å². The second kappa shape index (κ2) is 14.6. The van der Waals surface area contributed by atoms with Crippen LogP contribution >= 0.6 is 11.8 Å². The number of hydroxylamine groups is 1. The van der Waals surface area contributed by atoms with Gasteiger partial charge in [0.2, 0.25) is 5.91 Å². The average molecular weight is 598 g/mol. The molecular formula is C31H40FN5O4S. The van der Waals surface area contributed by atoms with Gasteiger partial charge < -0.3 is 14.4 Å². The van der Waals surface area contributed by atoms with Crippen LogP contribution in [-0.4, -0.2) is 89.7 Å². The fourth-order valence-electron chi connectivity index (χ4n) is 6.03. The summed E-state index contributed by atoms with van der Waals surface area (Å²) in [6.45, 7) is 5.75. The maximum absolute atomic E-state index is 16.5. The van der Waals surface area contributed by atoms with Gasteiger partial charge in [-0.2, -0.15) is 0 Å². The number of nitrogens with zero attached hydrogens (tertiary/aromatic N) is 4. The Bertz CT molecular complexity index is 1320. The van der Waals surface area contributed by atoms with Crippen LogP contribution in [0.5, 0.6) is 5.75 Å². The molecule has 2 fully saturated rings. The number of pyridine rings is 2. The standard InChI is InChI=1S/C31H40FN5O4S/c1-40-24-5-6-27-25(20-24)29(23(21-34-27)22-37-14-17-41-18-15-37)26(32)7-8-31(30(38)35-39)9-12-36(13-10-31)16-19-42-28-4-2-3-11-33-28/h2-6,11,20-21,26,39H,7-10,12-19,22H2,1H3,(H,35,38). The van der Waals surface area contributed by atoms with Crippen molar-refractivity contribution in [2.45, 2.75) is 43.4 Å². The van der Waals surface area contributed by atoms with Crippen molar-refractivity contribution < 1.29 is 23.9 Å². The zero-order chi connectivity index (χ0) is 29.4. The lowest BCUT2D eigenvalue weighted by atomic mass is 9.73. The first-order valence-electron chi connectivity index (χ1n) is 14.6. The number of thioether (sulfide) groups is 1. The van der Waals surface area contributed by atoms with Gasteiger partial charge in [0.05, 0.1) is 36.3 Å². The molecule has 2 aromatic heterocycles. The second-order valence-electron chi connectivity index (χ2n) is 11.1. The molecule has 0 aliphatic carbocycles. The van der Waals surface area contributed by atoms with Crippen LogP contribution in [0.3, 0.4) is 0 Å². The van der Waals surface area contributed by atoms with Gasteiger partial charge in [-0.1, -0.05) is 6.07 Å². The number of methoxy groups -OCH3 is 1. The van der Waals surface area contributed by atoms with Crippen LogP contribution in [0, 0.1) is 5.41 Å². The van der Waals surface area contributed by atoms with Crippen molar-refractivity contribution in [1.82, 2.24) is 25.2 Å². The number of rotatable bonds is 12. The monoisotopic (exact) mass is 597 g/mol. The molecule has 0 radical (unpaired) electrons. The molecule has 1 amide bonds. The molecule has 4 heterocycles. The molecule has 1 atom stereocenters. The van der Waals surface area contributed by atoms with E-state index in [1.165, 1.54) is 0 Å². The summed E-state index contributed by atoms with van der Waals surface area (Å²) in [4.78, 5) is 26.6. The van der Waals surface area contributed by atoms with Gasteiger partial charge in [-0.3, -0.25) is 19.9 Å². The summed E-state index contributed by atoms with van der Waals surface area (Å²) in [5.74, 6) is 1.12. The van der Waals surface area contributed by atoms with E-state index < -0.39 is 17.5 Å². The number of hydrogen-bond acceptors (Lipinski definition) is 9. The van der Waals surface area contributed by atoms with Gasteiger partial charge in [0.1, 0.15) is 11.9 Å². The smallest absolute Gasteiger partial charge is 0.249 e. The van der Waals surface area contributed by atoms with E-state index in [-0.39, 0.29) is 6.42 Å². The molecule has 1 aromatic carbocycles. The number of nitrogens with one attached hydrogen (secondary N) is 1. The number of ether oxygens (including phenoxy) is 2. The van der Waals surface area contributed by atoms with Gasteiger partial charge in [0, 0.05) is 55.3 Å². The maximum atomic E-state index is 16.5. The number of hydrogen-bond donors (Lipinski definition) is 2. The number of aromatic nitrogens is 2. The molecule has 226 valence electrons.